The van der Waals surface area contributed by atoms with Crippen LogP contribution in [0.15, 0.2) is 48.7 Å². The van der Waals surface area contributed by atoms with Gasteiger partial charge in [-0.25, -0.2) is 13.4 Å². The molecule has 2 aromatic carbocycles. The van der Waals surface area contributed by atoms with Crippen LogP contribution in [0.2, 0.25) is 0 Å². The summed E-state index contributed by atoms with van der Waals surface area (Å²) in [5.41, 5.74) is 11.9. The minimum Gasteiger partial charge on any atom is -0.425 e. The number of benzene rings is 2. The molecule has 182 valence electrons. The summed E-state index contributed by atoms with van der Waals surface area (Å²) in [7, 11) is -1.38. The number of hydrogen-bond acceptors (Lipinski definition) is 5. The second-order valence-corrected chi connectivity index (χ2v) is 11.7. The number of aryl methyl sites for hydroxylation is 2. The molecule has 2 saturated carbocycles. The van der Waals surface area contributed by atoms with E-state index in [1.165, 1.54) is 6.42 Å². The van der Waals surface area contributed by atoms with E-state index in [1.807, 2.05) is 67.2 Å². The van der Waals surface area contributed by atoms with Crippen LogP contribution in [-0.4, -0.2) is 27.8 Å². The fourth-order valence-electron chi connectivity index (χ4n) is 4.81. The van der Waals surface area contributed by atoms with Gasteiger partial charge in [-0.3, -0.25) is 4.72 Å². The zero-order chi connectivity index (χ0) is 24.3. The van der Waals surface area contributed by atoms with Gasteiger partial charge in [0.1, 0.15) is 5.75 Å². The topological polar surface area (TPSA) is 104 Å². The molecular formula is C26H29N5O3S. The molecular weight excluding hydrogens is 462 g/mol. The first-order chi connectivity index (χ1) is 16.8. The van der Waals surface area contributed by atoms with Crippen LogP contribution in [0.3, 0.4) is 0 Å². The summed E-state index contributed by atoms with van der Waals surface area (Å²) in [5, 5.41) is 0.721. The van der Waals surface area contributed by atoms with E-state index in [9.17, 15) is 8.42 Å². The predicted molar refractivity (Wildman–Crippen MR) is 138 cm³/mol. The van der Waals surface area contributed by atoms with Gasteiger partial charge in [-0.05, 0) is 63.3 Å². The maximum Gasteiger partial charge on any atom is 0.301 e. The lowest BCUT2D eigenvalue weighted by Crippen LogP contribution is -2.18. The Morgan fingerprint density at radius 2 is 1.83 bits per heavy atom. The number of hydrogen-bond donors (Lipinski definition) is 2. The van der Waals surface area contributed by atoms with E-state index in [-0.39, 0.29) is 5.25 Å². The Labute approximate surface area is 204 Å². The minimum atomic E-state index is -3.30. The predicted octanol–water partition coefficient (Wildman–Crippen LogP) is 5.35. The lowest BCUT2D eigenvalue weighted by molar-refractivity contribution is 0.324. The molecule has 0 bridgehead atoms. The number of anilines is 2. The van der Waals surface area contributed by atoms with E-state index in [0.29, 0.717) is 23.5 Å². The van der Waals surface area contributed by atoms with E-state index >= 15 is 0 Å². The fraction of sp³-hybridized carbons (Fsp3) is 0.346. The Hall–Kier alpha value is -3.46. The Morgan fingerprint density at radius 1 is 1.09 bits per heavy atom. The van der Waals surface area contributed by atoms with Gasteiger partial charge in [0, 0.05) is 42.0 Å². The number of rotatable bonds is 7. The van der Waals surface area contributed by atoms with Crippen LogP contribution in [0.4, 0.5) is 11.4 Å². The third-order valence-electron chi connectivity index (χ3n) is 7.00. The maximum absolute atomic E-state index is 12.3. The lowest BCUT2D eigenvalue weighted by atomic mass is 9.92. The van der Waals surface area contributed by atoms with E-state index in [0.717, 1.165) is 59.2 Å². The Morgan fingerprint density at radius 3 is 2.43 bits per heavy atom. The van der Waals surface area contributed by atoms with Crippen LogP contribution in [-0.2, 0) is 17.1 Å². The number of nitrogen functional groups attached to an aromatic ring is 1. The molecule has 2 aliphatic carbocycles. The van der Waals surface area contributed by atoms with Crippen LogP contribution in [0.1, 0.15) is 43.8 Å². The number of nitrogens with two attached hydrogens (primary N) is 1. The zero-order valence-corrected chi connectivity index (χ0v) is 20.7. The Balaban J connectivity index is 1.39. The van der Waals surface area contributed by atoms with Crippen LogP contribution in [0, 0.1) is 6.92 Å². The van der Waals surface area contributed by atoms with Crippen molar-refractivity contribution in [3.63, 3.8) is 0 Å². The average Bonchev–Trinajstić information content (AvgIpc) is 3.55. The summed E-state index contributed by atoms with van der Waals surface area (Å²) >= 11 is 0. The van der Waals surface area contributed by atoms with Crippen LogP contribution < -0.4 is 15.2 Å². The van der Waals surface area contributed by atoms with Gasteiger partial charge >= 0.3 is 6.01 Å². The summed E-state index contributed by atoms with van der Waals surface area (Å²) in [4.78, 5) is 4.45. The Kier molecular flexibility index (Phi) is 5.07. The maximum atomic E-state index is 12.3. The molecule has 8 nitrogen and oxygen atoms in total. The van der Waals surface area contributed by atoms with Gasteiger partial charge in [0.2, 0.25) is 10.0 Å². The first-order valence-corrected chi connectivity index (χ1v) is 13.6. The summed E-state index contributed by atoms with van der Waals surface area (Å²) in [6.45, 7) is 1.94. The molecule has 0 amide bonds. The highest BCUT2D eigenvalue weighted by molar-refractivity contribution is 7.93. The molecule has 9 heteroatoms. The zero-order valence-electron chi connectivity index (χ0n) is 19.9. The molecule has 0 spiro atoms. The second-order valence-electron chi connectivity index (χ2n) is 9.70. The van der Waals surface area contributed by atoms with Crippen molar-refractivity contribution in [1.29, 1.82) is 0 Å². The molecule has 35 heavy (non-hydrogen) atoms. The lowest BCUT2D eigenvalue weighted by Gasteiger charge is -2.30. The van der Waals surface area contributed by atoms with Crippen molar-refractivity contribution in [2.45, 2.75) is 50.3 Å². The molecule has 2 aliphatic rings. The molecule has 0 aliphatic heterocycles. The SMILES string of the molecule is Cc1cn(C)c(Oc2ccc3c(N)c(-c4ccc(NS(=O)(=O)C5CC5)cc4)n(C4CCC4)c3c2)n1. The van der Waals surface area contributed by atoms with Crippen molar-refractivity contribution in [3.05, 3.63) is 54.4 Å². The number of sulfonamides is 1. The third-order valence-corrected chi connectivity index (χ3v) is 8.87. The molecule has 0 unspecified atom stereocenters. The van der Waals surface area contributed by atoms with E-state index < -0.39 is 10.0 Å². The molecule has 3 N–H and O–H groups in total. The summed E-state index contributed by atoms with van der Waals surface area (Å²) in [6.07, 6.45) is 6.77. The molecule has 0 saturated heterocycles. The van der Waals surface area contributed by atoms with Gasteiger partial charge in [-0.2, -0.15) is 0 Å². The van der Waals surface area contributed by atoms with E-state index in [4.69, 9.17) is 10.5 Å². The average molecular weight is 492 g/mol. The molecule has 2 fully saturated rings. The fourth-order valence-corrected chi connectivity index (χ4v) is 6.20. The number of aromatic nitrogens is 3. The van der Waals surface area contributed by atoms with Crippen LogP contribution in [0.25, 0.3) is 22.2 Å². The third kappa shape index (κ3) is 3.93. The highest BCUT2D eigenvalue weighted by atomic mass is 32.2. The van der Waals surface area contributed by atoms with Crippen molar-refractivity contribution >= 4 is 32.3 Å². The molecule has 2 heterocycles. The van der Waals surface area contributed by atoms with E-state index in [2.05, 4.69) is 14.3 Å². The van der Waals surface area contributed by atoms with Crippen molar-refractivity contribution in [3.8, 4) is 23.0 Å². The van der Waals surface area contributed by atoms with Gasteiger partial charge in [0.25, 0.3) is 0 Å². The minimum absolute atomic E-state index is 0.259. The second kappa shape index (κ2) is 8.05. The van der Waals surface area contributed by atoms with Gasteiger partial charge in [0.05, 0.1) is 27.8 Å². The van der Waals surface area contributed by atoms with Gasteiger partial charge in [-0.15, -0.1) is 0 Å². The number of nitrogens with one attached hydrogen (secondary N) is 1. The van der Waals surface area contributed by atoms with Crippen molar-refractivity contribution in [2.75, 3.05) is 10.5 Å². The summed E-state index contributed by atoms with van der Waals surface area (Å²) in [6, 6.07) is 14.4. The molecule has 0 atom stereocenters. The number of imidazole rings is 1. The number of fused-ring (bicyclic) bond motifs is 1. The van der Waals surface area contributed by atoms with Crippen molar-refractivity contribution in [1.82, 2.24) is 14.1 Å². The van der Waals surface area contributed by atoms with Crippen molar-refractivity contribution < 1.29 is 13.2 Å². The van der Waals surface area contributed by atoms with Gasteiger partial charge in [0.15, 0.2) is 0 Å². The monoisotopic (exact) mass is 491 g/mol. The highest BCUT2D eigenvalue weighted by Crippen LogP contribution is 2.45. The number of nitrogens with zero attached hydrogens (tertiary/aromatic N) is 3. The largest absolute Gasteiger partial charge is 0.425 e. The summed E-state index contributed by atoms with van der Waals surface area (Å²) in [5.74, 6) is 0.709. The Bertz CT molecular complexity index is 1530. The quantitative estimate of drug-likeness (QED) is 0.362. The van der Waals surface area contributed by atoms with Gasteiger partial charge in [-0.1, -0.05) is 12.1 Å². The molecule has 2 aromatic heterocycles. The van der Waals surface area contributed by atoms with Crippen molar-refractivity contribution in [2.24, 2.45) is 7.05 Å². The molecule has 0 radical (unpaired) electrons. The standard InChI is InChI=1S/C26H29N5O3S/c1-16-15-30(2)26(28-16)34-20-10-13-22-23(14-20)31(19-4-3-5-19)25(24(22)27)17-6-8-18(9-7-17)29-35(32,33)21-11-12-21/h6-10,13-15,19,21,29H,3-5,11-12,27H2,1-2H3. The van der Waals surface area contributed by atoms with E-state index in [1.54, 1.807) is 0 Å². The van der Waals surface area contributed by atoms with Gasteiger partial charge < -0.3 is 19.6 Å². The first kappa shape index (κ1) is 22.0. The smallest absolute Gasteiger partial charge is 0.301 e. The number of ether oxygens (including phenoxy) is 1. The normalized spacial score (nSPS) is 16.4. The molecule has 4 aromatic rings. The first-order valence-electron chi connectivity index (χ1n) is 12.0. The highest BCUT2D eigenvalue weighted by Gasteiger charge is 2.35. The molecule has 6 rings (SSSR count). The summed E-state index contributed by atoms with van der Waals surface area (Å²) < 4.78 is 37.6. The van der Waals surface area contributed by atoms with Crippen LogP contribution in [0.5, 0.6) is 11.8 Å². The van der Waals surface area contributed by atoms with Crippen LogP contribution >= 0.6 is 0 Å².